The Kier molecular flexibility index (Phi) is 4.27. The van der Waals surface area contributed by atoms with E-state index < -0.39 is 6.10 Å². The van der Waals surface area contributed by atoms with Crippen molar-refractivity contribution in [1.82, 2.24) is 0 Å². The summed E-state index contributed by atoms with van der Waals surface area (Å²) in [5.74, 6) is -0.349. The first-order valence-corrected chi connectivity index (χ1v) is 6.67. The molecule has 0 fully saturated rings. The third kappa shape index (κ3) is 3.05. The summed E-state index contributed by atoms with van der Waals surface area (Å²) in [4.78, 5) is 1.30. The van der Waals surface area contributed by atoms with E-state index >= 15 is 0 Å². The van der Waals surface area contributed by atoms with Crippen LogP contribution in [-0.4, -0.2) is 5.11 Å². The normalized spacial score (nSPS) is 12.4. The number of aliphatic hydroxyl groups excluding tert-OH is 1. The lowest BCUT2D eigenvalue weighted by Gasteiger charge is -2.08. The lowest BCUT2D eigenvalue weighted by Crippen LogP contribution is -1.93. The smallest absolute Gasteiger partial charge is 0.137 e. The van der Waals surface area contributed by atoms with Crippen molar-refractivity contribution in [3.63, 3.8) is 0 Å². The van der Waals surface area contributed by atoms with Gasteiger partial charge in [-0.1, -0.05) is 41.6 Å². The number of hydrogen-bond acceptors (Lipinski definition) is 2. The Bertz CT molecular complexity index is 557. The first-order valence-electron chi connectivity index (χ1n) is 5.48. The van der Waals surface area contributed by atoms with Gasteiger partial charge in [-0.15, -0.1) is 0 Å². The van der Waals surface area contributed by atoms with Crippen LogP contribution in [0.1, 0.15) is 18.6 Å². The number of rotatable bonds is 3. The van der Waals surface area contributed by atoms with E-state index in [4.69, 9.17) is 11.6 Å². The average Bonchev–Trinajstić information content (AvgIpc) is 2.34. The van der Waals surface area contributed by atoms with Crippen molar-refractivity contribution in [1.29, 1.82) is 0 Å². The molecular weight excluding hydrogens is 271 g/mol. The Morgan fingerprint density at radius 2 is 1.89 bits per heavy atom. The molecular formula is C14H12ClFOS. The van der Waals surface area contributed by atoms with Crippen molar-refractivity contribution in [3.05, 3.63) is 58.9 Å². The summed E-state index contributed by atoms with van der Waals surface area (Å²) in [5, 5.41) is 9.98. The molecule has 0 saturated carbocycles. The highest BCUT2D eigenvalue weighted by Gasteiger charge is 2.09. The minimum atomic E-state index is -0.668. The molecule has 0 aromatic heterocycles. The van der Waals surface area contributed by atoms with Gasteiger partial charge >= 0.3 is 0 Å². The lowest BCUT2D eigenvalue weighted by molar-refractivity contribution is 0.198. The van der Waals surface area contributed by atoms with Gasteiger partial charge in [0.25, 0.3) is 0 Å². The van der Waals surface area contributed by atoms with E-state index in [2.05, 4.69) is 0 Å². The summed E-state index contributed by atoms with van der Waals surface area (Å²) in [5.41, 5.74) is 0.566. The molecule has 2 rings (SSSR count). The summed E-state index contributed by atoms with van der Waals surface area (Å²) in [7, 11) is 0. The van der Waals surface area contributed by atoms with Crippen LogP contribution in [0.3, 0.4) is 0 Å². The van der Waals surface area contributed by atoms with Crippen LogP contribution in [0.5, 0.6) is 0 Å². The summed E-state index contributed by atoms with van der Waals surface area (Å²) in [6, 6.07) is 12.0. The van der Waals surface area contributed by atoms with E-state index in [0.717, 1.165) is 4.90 Å². The molecule has 0 radical (unpaired) electrons. The topological polar surface area (TPSA) is 20.2 Å². The zero-order valence-corrected chi connectivity index (χ0v) is 11.3. The third-order valence-electron chi connectivity index (χ3n) is 2.49. The third-order valence-corrected chi connectivity index (χ3v) is 4.06. The van der Waals surface area contributed by atoms with Crippen molar-refractivity contribution >= 4 is 23.4 Å². The molecule has 2 aromatic carbocycles. The Hall–Kier alpha value is -1.03. The second-order valence-electron chi connectivity index (χ2n) is 3.90. The quantitative estimate of drug-likeness (QED) is 0.882. The predicted molar refractivity (Wildman–Crippen MR) is 72.6 cm³/mol. The monoisotopic (exact) mass is 282 g/mol. The van der Waals surface area contributed by atoms with Gasteiger partial charge in [0.1, 0.15) is 5.82 Å². The highest BCUT2D eigenvalue weighted by molar-refractivity contribution is 7.99. The maximum absolute atomic E-state index is 13.9. The largest absolute Gasteiger partial charge is 0.389 e. The molecule has 0 spiro atoms. The molecule has 0 aliphatic rings. The highest BCUT2D eigenvalue weighted by Crippen LogP contribution is 2.35. The molecule has 1 nitrogen and oxygen atoms in total. The second-order valence-corrected chi connectivity index (χ2v) is 5.39. The fourth-order valence-electron chi connectivity index (χ4n) is 1.51. The molecule has 1 N–H and O–H groups in total. The Morgan fingerprint density at radius 1 is 1.17 bits per heavy atom. The van der Waals surface area contributed by atoms with Crippen LogP contribution in [0.2, 0.25) is 5.02 Å². The summed E-state index contributed by atoms with van der Waals surface area (Å²) < 4.78 is 13.9. The lowest BCUT2D eigenvalue weighted by atomic mass is 10.1. The number of halogens is 2. The van der Waals surface area contributed by atoms with Crippen LogP contribution in [0.4, 0.5) is 4.39 Å². The van der Waals surface area contributed by atoms with Crippen molar-refractivity contribution in [2.75, 3.05) is 0 Å². The maximum Gasteiger partial charge on any atom is 0.137 e. The van der Waals surface area contributed by atoms with E-state index in [0.29, 0.717) is 15.5 Å². The van der Waals surface area contributed by atoms with E-state index in [-0.39, 0.29) is 5.82 Å². The molecule has 2 aromatic rings. The Balaban J connectivity index is 2.28. The van der Waals surface area contributed by atoms with E-state index in [1.807, 2.05) is 18.2 Å². The van der Waals surface area contributed by atoms with Gasteiger partial charge in [0, 0.05) is 9.79 Å². The molecule has 0 unspecified atom stereocenters. The molecule has 0 heterocycles. The fraction of sp³-hybridized carbons (Fsp3) is 0.143. The second kappa shape index (κ2) is 5.74. The Morgan fingerprint density at radius 3 is 2.50 bits per heavy atom. The summed E-state index contributed by atoms with van der Waals surface area (Å²) in [6.07, 6.45) is -0.668. The zero-order valence-electron chi connectivity index (χ0n) is 9.73. The molecule has 0 amide bonds. The van der Waals surface area contributed by atoms with Gasteiger partial charge in [0.05, 0.1) is 11.1 Å². The standard InChI is InChI=1S/C14H12ClFOS/c1-9(17)10-6-7-14(12(16)8-10)18-13-5-3-2-4-11(13)15/h2-9,17H,1H3/t9-/m0/s1. The molecule has 94 valence electrons. The molecule has 0 bridgehead atoms. The summed E-state index contributed by atoms with van der Waals surface area (Å²) >= 11 is 7.30. The van der Waals surface area contributed by atoms with E-state index in [1.54, 1.807) is 25.1 Å². The fourth-order valence-corrected chi connectivity index (χ4v) is 2.60. The van der Waals surface area contributed by atoms with Crippen LogP contribution >= 0.6 is 23.4 Å². The van der Waals surface area contributed by atoms with Crippen LogP contribution in [0.25, 0.3) is 0 Å². The van der Waals surface area contributed by atoms with Gasteiger partial charge in [0.2, 0.25) is 0 Å². The van der Waals surface area contributed by atoms with E-state index in [1.165, 1.54) is 17.8 Å². The van der Waals surface area contributed by atoms with Crippen LogP contribution in [0.15, 0.2) is 52.3 Å². The van der Waals surface area contributed by atoms with Gasteiger partial charge < -0.3 is 5.11 Å². The molecule has 0 aliphatic heterocycles. The number of hydrogen-bond donors (Lipinski definition) is 1. The van der Waals surface area contributed by atoms with Gasteiger partial charge in [-0.2, -0.15) is 0 Å². The molecule has 0 aliphatic carbocycles. The number of benzene rings is 2. The Labute approximate surface area is 115 Å². The number of aliphatic hydroxyl groups is 1. The van der Waals surface area contributed by atoms with Crippen molar-refractivity contribution in [3.8, 4) is 0 Å². The van der Waals surface area contributed by atoms with Gasteiger partial charge in [-0.25, -0.2) is 4.39 Å². The van der Waals surface area contributed by atoms with Crippen molar-refractivity contribution in [2.45, 2.75) is 22.8 Å². The highest BCUT2D eigenvalue weighted by atomic mass is 35.5. The molecule has 4 heteroatoms. The molecule has 18 heavy (non-hydrogen) atoms. The molecule has 0 saturated heterocycles. The first kappa shape index (κ1) is 13.4. The SMILES string of the molecule is C[C@H](O)c1ccc(Sc2ccccc2Cl)c(F)c1. The minimum Gasteiger partial charge on any atom is -0.389 e. The van der Waals surface area contributed by atoms with Crippen molar-refractivity contribution < 1.29 is 9.50 Å². The zero-order chi connectivity index (χ0) is 13.1. The van der Waals surface area contributed by atoms with Gasteiger partial charge in [-0.3, -0.25) is 0 Å². The van der Waals surface area contributed by atoms with Crippen molar-refractivity contribution in [2.24, 2.45) is 0 Å². The van der Waals surface area contributed by atoms with Crippen LogP contribution < -0.4 is 0 Å². The van der Waals surface area contributed by atoms with Crippen LogP contribution in [-0.2, 0) is 0 Å². The van der Waals surface area contributed by atoms with Gasteiger partial charge in [0.15, 0.2) is 0 Å². The maximum atomic E-state index is 13.9. The average molecular weight is 283 g/mol. The summed E-state index contributed by atoms with van der Waals surface area (Å²) in [6.45, 7) is 1.61. The first-order chi connectivity index (χ1) is 8.58. The molecule has 1 atom stereocenters. The van der Waals surface area contributed by atoms with Crippen LogP contribution in [0, 0.1) is 5.82 Å². The minimum absolute atomic E-state index is 0.349. The predicted octanol–water partition coefficient (Wildman–Crippen LogP) is 4.68. The van der Waals surface area contributed by atoms with Gasteiger partial charge in [-0.05, 0) is 36.8 Å². The van der Waals surface area contributed by atoms with E-state index in [9.17, 15) is 9.50 Å².